The summed E-state index contributed by atoms with van der Waals surface area (Å²) < 4.78 is 5.06. The second-order valence-corrected chi connectivity index (χ2v) is 7.18. The van der Waals surface area contributed by atoms with Gasteiger partial charge in [-0.2, -0.15) is 0 Å². The molecule has 1 saturated heterocycles. The molecule has 0 aliphatic carbocycles. The highest BCUT2D eigenvalue weighted by molar-refractivity contribution is 5.98. The van der Waals surface area contributed by atoms with Gasteiger partial charge in [-0.05, 0) is 36.2 Å². The number of hydrogen-bond donors (Lipinski definition) is 2. The number of carbonyl (C=O) groups excluding carboxylic acids is 2. The molecule has 152 valence electrons. The van der Waals surface area contributed by atoms with Crippen LogP contribution in [-0.4, -0.2) is 41.4 Å². The number of nitrogens with zero attached hydrogens (tertiary/aromatic N) is 1. The van der Waals surface area contributed by atoms with Gasteiger partial charge in [-0.1, -0.05) is 30.3 Å². The minimum Gasteiger partial charge on any atom is -0.478 e. The molecule has 0 aromatic heterocycles. The van der Waals surface area contributed by atoms with Crippen molar-refractivity contribution >= 4 is 23.5 Å². The van der Waals surface area contributed by atoms with Gasteiger partial charge >= 0.3 is 5.97 Å². The summed E-state index contributed by atoms with van der Waals surface area (Å²) in [4.78, 5) is 38.3. The third-order valence-electron chi connectivity index (χ3n) is 5.10. The molecule has 1 aliphatic heterocycles. The molecular formula is C22H24N2O5. The monoisotopic (exact) mass is 396 g/mol. The van der Waals surface area contributed by atoms with E-state index in [-0.39, 0.29) is 36.4 Å². The van der Waals surface area contributed by atoms with Gasteiger partial charge in [-0.25, -0.2) is 4.79 Å². The summed E-state index contributed by atoms with van der Waals surface area (Å²) in [6.07, 6.45) is 0.132. The number of benzene rings is 2. The van der Waals surface area contributed by atoms with Gasteiger partial charge in [-0.15, -0.1) is 0 Å². The standard InChI is InChI=1S/C22H24N2O5/c1-14(16-6-4-3-5-7-16)24-12-18(11-20(24)25)21(26)23-19-9-15(13-29-2)8-17(10-19)22(27)28/h3-10,14,18H,11-13H2,1-2H3,(H,23,26)(H,27,28). The van der Waals surface area contributed by atoms with Crippen molar-refractivity contribution in [2.24, 2.45) is 5.92 Å². The van der Waals surface area contributed by atoms with Gasteiger partial charge in [0, 0.05) is 25.8 Å². The minimum atomic E-state index is -1.09. The van der Waals surface area contributed by atoms with Gasteiger partial charge in [0.05, 0.1) is 24.1 Å². The molecule has 1 heterocycles. The Bertz CT molecular complexity index is 913. The van der Waals surface area contributed by atoms with Crippen LogP contribution in [0.3, 0.4) is 0 Å². The molecule has 2 N–H and O–H groups in total. The third kappa shape index (κ3) is 4.81. The molecule has 0 spiro atoms. The summed E-state index contributed by atoms with van der Waals surface area (Å²) in [5.74, 6) is -1.95. The summed E-state index contributed by atoms with van der Waals surface area (Å²) in [7, 11) is 1.51. The zero-order valence-corrected chi connectivity index (χ0v) is 16.4. The Hall–Kier alpha value is -3.19. The van der Waals surface area contributed by atoms with Crippen molar-refractivity contribution < 1.29 is 24.2 Å². The Morgan fingerprint density at radius 3 is 2.62 bits per heavy atom. The van der Waals surface area contributed by atoms with E-state index in [9.17, 15) is 19.5 Å². The first kappa shape index (κ1) is 20.5. The molecule has 2 amide bonds. The zero-order chi connectivity index (χ0) is 21.0. The zero-order valence-electron chi connectivity index (χ0n) is 16.4. The van der Waals surface area contributed by atoms with E-state index in [1.165, 1.54) is 19.2 Å². The van der Waals surface area contributed by atoms with E-state index < -0.39 is 11.9 Å². The summed E-state index contributed by atoms with van der Waals surface area (Å²) >= 11 is 0. The number of rotatable bonds is 7. The van der Waals surface area contributed by atoms with Crippen LogP contribution < -0.4 is 5.32 Å². The van der Waals surface area contributed by atoms with Crippen molar-refractivity contribution in [2.45, 2.75) is 26.0 Å². The highest BCUT2D eigenvalue weighted by Crippen LogP contribution is 2.29. The lowest BCUT2D eigenvalue weighted by atomic mass is 10.1. The predicted molar refractivity (Wildman–Crippen MR) is 107 cm³/mol. The maximum Gasteiger partial charge on any atom is 0.335 e. The molecule has 0 bridgehead atoms. The SMILES string of the molecule is COCc1cc(NC(=O)C2CC(=O)N(C(C)c3ccccc3)C2)cc(C(=O)O)c1. The lowest BCUT2D eigenvalue weighted by Crippen LogP contribution is -2.30. The lowest BCUT2D eigenvalue weighted by Gasteiger charge is -2.25. The number of nitrogens with one attached hydrogen (secondary N) is 1. The molecule has 3 rings (SSSR count). The van der Waals surface area contributed by atoms with Crippen LogP contribution in [0.4, 0.5) is 5.69 Å². The van der Waals surface area contributed by atoms with Gasteiger partial charge in [-0.3, -0.25) is 9.59 Å². The van der Waals surface area contributed by atoms with Gasteiger partial charge in [0.2, 0.25) is 11.8 Å². The molecule has 2 atom stereocenters. The Balaban J connectivity index is 1.72. The number of carboxylic acids is 1. The number of likely N-dealkylation sites (tertiary alicyclic amines) is 1. The highest BCUT2D eigenvalue weighted by Gasteiger charge is 2.37. The van der Waals surface area contributed by atoms with Gasteiger partial charge < -0.3 is 20.1 Å². The molecule has 0 saturated carbocycles. The quantitative estimate of drug-likeness (QED) is 0.750. The smallest absolute Gasteiger partial charge is 0.335 e. The minimum absolute atomic E-state index is 0.0664. The van der Waals surface area contributed by atoms with E-state index in [1.54, 1.807) is 11.0 Å². The molecule has 7 heteroatoms. The largest absolute Gasteiger partial charge is 0.478 e. The van der Waals surface area contributed by atoms with Gasteiger partial charge in [0.15, 0.2) is 0 Å². The molecule has 7 nitrogen and oxygen atoms in total. The van der Waals surface area contributed by atoms with Crippen LogP contribution in [0, 0.1) is 5.92 Å². The van der Waals surface area contributed by atoms with Gasteiger partial charge in [0.25, 0.3) is 0 Å². The third-order valence-corrected chi connectivity index (χ3v) is 5.10. The van der Waals surface area contributed by atoms with E-state index in [0.717, 1.165) is 5.56 Å². The molecule has 29 heavy (non-hydrogen) atoms. The van der Waals surface area contributed by atoms with Crippen molar-refractivity contribution in [1.82, 2.24) is 4.90 Å². The second-order valence-electron chi connectivity index (χ2n) is 7.18. The van der Waals surface area contributed by atoms with Crippen LogP contribution in [-0.2, 0) is 20.9 Å². The van der Waals surface area contributed by atoms with Crippen LogP contribution in [0.1, 0.15) is 40.9 Å². The maximum atomic E-state index is 12.7. The van der Waals surface area contributed by atoms with Crippen LogP contribution >= 0.6 is 0 Å². The van der Waals surface area contributed by atoms with Crippen LogP contribution in [0.5, 0.6) is 0 Å². The van der Waals surface area contributed by atoms with Crippen molar-refractivity contribution in [3.63, 3.8) is 0 Å². The fourth-order valence-corrected chi connectivity index (χ4v) is 3.58. The first-order valence-electron chi connectivity index (χ1n) is 9.40. The number of carboxylic acid groups (broad SMARTS) is 1. The Labute approximate surface area is 169 Å². The highest BCUT2D eigenvalue weighted by atomic mass is 16.5. The Morgan fingerprint density at radius 2 is 1.97 bits per heavy atom. The maximum absolute atomic E-state index is 12.7. The first-order chi connectivity index (χ1) is 13.9. The lowest BCUT2D eigenvalue weighted by molar-refractivity contribution is -0.129. The van der Waals surface area contributed by atoms with Crippen molar-refractivity contribution in [2.75, 3.05) is 19.0 Å². The van der Waals surface area contributed by atoms with Gasteiger partial charge in [0.1, 0.15) is 0 Å². The van der Waals surface area contributed by atoms with Crippen molar-refractivity contribution in [3.05, 3.63) is 65.2 Å². The van der Waals surface area contributed by atoms with Crippen molar-refractivity contribution in [1.29, 1.82) is 0 Å². The fraction of sp³-hybridized carbons (Fsp3) is 0.318. The number of anilines is 1. The molecule has 2 unspecified atom stereocenters. The van der Waals surface area contributed by atoms with E-state index in [2.05, 4.69) is 5.32 Å². The topological polar surface area (TPSA) is 95.9 Å². The second kappa shape index (κ2) is 8.87. The molecule has 0 radical (unpaired) electrons. The van der Waals surface area contributed by atoms with Crippen LogP contribution in [0.25, 0.3) is 0 Å². The summed E-state index contributed by atoms with van der Waals surface area (Å²) in [5, 5.41) is 12.0. The van der Waals surface area contributed by atoms with E-state index in [4.69, 9.17) is 4.74 Å². The molecule has 2 aromatic carbocycles. The summed E-state index contributed by atoms with van der Waals surface area (Å²) in [6.45, 7) is 2.50. The number of hydrogen-bond acceptors (Lipinski definition) is 4. The van der Waals surface area contributed by atoms with Crippen molar-refractivity contribution in [3.8, 4) is 0 Å². The number of methoxy groups -OCH3 is 1. The number of amides is 2. The summed E-state index contributed by atoms with van der Waals surface area (Å²) in [6, 6.07) is 14.1. The average molecular weight is 396 g/mol. The normalized spacial score (nSPS) is 17.2. The molecular weight excluding hydrogens is 372 g/mol. The van der Waals surface area contributed by atoms with Crippen LogP contribution in [0.2, 0.25) is 0 Å². The predicted octanol–water partition coefficient (Wildman–Crippen LogP) is 3.08. The van der Waals surface area contributed by atoms with Crippen LogP contribution in [0.15, 0.2) is 48.5 Å². The average Bonchev–Trinajstić information content (AvgIpc) is 3.10. The Kier molecular flexibility index (Phi) is 6.29. The molecule has 2 aromatic rings. The Morgan fingerprint density at radius 1 is 1.24 bits per heavy atom. The van der Waals surface area contributed by atoms with E-state index >= 15 is 0 Å². The number of ether oxygens (including phenoxy) is 1. The summed E-state index contributed by atoms with van der Waals surface area (Å²) in [5.41, 5.74) is 2.10. The first-order valence-corrected chi connectivity index (χ1v) is 9.40. The molecule has 1 aliphatic rings. The number of aromatic carboxylic acids is 1. The number of carbonyl (C=O) groups is 3. The van der Waals surface area contributed by atoms with E-state index in [1.807, 2.05) is 37.3 Å². The van der Waals surface area contributed by atoms with E-state index in [0.29, 0.717) is 17.8 Å². The molecule has 1 fully saturated rings. The fourth-order valence-electron chi connectivity index (χ4n) is 3.58.